The van der Waals surface area contributed by atoms with Crippen molar-refractivity contribution in [3.8, 4) is 0 Å². The summed E-state index contributed by atoms with van der Waals surface area (Å²) < 4.78 is 5.57. The van der Waals surface area contributed by atoms with Gasteiger partial charge in [0.1, 0.15) is 0 Å². The molecule has 0 aliphatic carbocycles. The van der Waals surface area contributed by atoms with E-state index in [0.29, 0.717) is 18.3 Å². The van der Waals surface area contributed by atoms with E-state index in [2.05, 4.69) is 11.8 Å². The standard InChI is InChI=1S/C12H21NO2/c1-2-3-8-15-9-11-12(14)10-4-6-13(11)7-5-10/h10-11H,2-9H2,1H3. The van der Waals surface area contributed by atoms with Crippen molar-refractivity contribution in [2.75, 3.05) is 26.3 Å². The molecule has 0 amide bonds. The zero-order valence-corrected chi connectivity index (χ0v) is 9.58. The molecule has 86 valence electrons. The molecule has 3 saturated heterocycles. The maximum Gasteiger partial charge on any atom is 0.155 e. The molecule has 3 nitrogen and oxygen atoms in total. The molecule has 0 aromatic heterocycles. The average Bonchev–Trinajstić information content (AvgIpc) is 2.28. The Hall–Kier alpha value is -0.410. The number of ketones is 1. The largest absolute Gasteiger partial charge is 0.379 e. The van der Waals surface area contributed by atoms with Crippen molar-refractivity contribution in [1.29, 1.82) is 0 Å². The van der Waals surface area contributed by atoms with Gasteiger partial charge in [-0.1, -0.05) is 13.3 Å². The lowest BCUT2D eigenvalue weighted by molar-refractivity contribution is -0.140. The molecule has 0 radical (unpaired) electrons. The van der Waals surface area contributed by atoms with Gasteiger partial charge in [0.25, 0.3) is 0 Å². The van der Waals surface area contributed by atoms with E-state index < -0.39 is 0 Å². The van der Waals surface area contributed by atoms with E-state index in [9.17, 15) is 4.79 Å². The molecule has 1 atom stereocenters. The highest BCUT2D eigenvalue weighted by Gasteiger charge is 2.40. The van der Waals surface area contributed by atoms with Crippen LogP contribution < -0.4 is 0 Å². The monoisotopic (exact) mass is 211 g/mol. The number of hydrogen-bond acceptors (Lipinski definition) is 3. The molecular formula is C12H21NO2. The van der Waals surface area contributed by atoms with E-state index in [1.165, 1.54) is 0 Å². The second kappa shape index (κ2) is 5.08. The number of ether oxygens (including phenoxy) is 1. The molecular weight excluding hydrogens is 190 g/mol. The van der Waals surface area contributed by atoms with Crippen molar-refractivity contribution >= 4 is 5.78 Å². The van der Waals surface area contributed by atoms with Crippen LogP contribution in [0.4, 0.5) is 0 Å². The fourth-order valence-corrected chi connectivity index (χ4v) is 2.58. The van der Waals surface area contributed by atoms with E-state index in [4.69, 9.17) is 4.74 Å². The fraction of sp³-hybridized carbons (Fsp3) is 0.917. The van der Waals surface area contributed by atoms with Gasteiger partial charge in [-0.25, -0.2) is 0 Å². The molecule has 3 heteroatoms. The summed E-state index contributed by atoms with van der Waals surface area (Å²) in [6, 6.07) is 0.0781. The SMILES string of the molecule is CCCCOCC1C(=O)C2CCN1CC2. The lowest BCUT2D eigenvalue weighted by atomic mass is 9.82. The summed E-state index contributed by atoms with van der Waals surface area (Å²) in [7, 11) is 0. The third-order valence-corrected chi connectivity index (χ3v) is 3.62. The summed E-state index contributed by atoms with van der Waals surface area (Å²) in [5.74, 6) is 0.777. The molecule has 0 aromatic rings. The van der Waals surface area contributed by atoms with Crippen molar-refractivity contribution in [3.63, 3.8) is 0 Å². The first kappa shape index (κ1) is 11.1. The zero-order valence-electron chi connectivity index (χ0n) is 9.58. The Morgan fingerprint density at radius 3 is 2.73 bits per heavy atom. The molecule has 3 fully saturated rings. The van der Waals surface area contributed by atoms with Gasteiger partial charge in [0, 0.05) is 12.5 Å². The molecule has 0 spiro atoms. The Bertz CT molecular complexity index is 222. The number of carbonyl (C=O) groups is 1. The van der Waals surface area contributed by atoms with Crippen molar-refractivity contribution in [3.05, 3.63) is 0 Å². The minimum atomic E-state index is 0.0781. The van der Waals surface area contributed by atoms with Gasteiger partial charge < -0.3 is 4.74 Å². The summed E-state index contributed by atoms with van der Waals surface area (Å²) in [5, 5.41) is 0. The summed E-state index contributed by atoms with van der Waals surface area (Å²) in [6.07, 6.45) is 4.41. The van der Waals surface area contributed by atoms with Crippen LogP contribution in [0.1, 0.15) is 32.6 Å². The predicted octanol–water partition coefficient (Wildman–Crippen LogP) is 1.47. The van der Waals surface area contributed by atoms with Gasteiger partial charge in [0.05, 0.1) is 12.6 Å². The Kier molecular flexibility index (Phi) is 3.76. The highest BCUT2D eigenvalue weighted by atomic mass is 16.5. The van der Waals surface area contributed by atoms with Crippen LogP contribution in [0, 0.1) is 5.92 Å². The van der Waals surface area contributed by atoms with Gasteiger partial charge in [0.15, 0.2) is 5.78 Å². The number of hydrogen-bond donors (Lipinski definition) is 0. The molecule has 3 rings (SSSR count). The molecule has 0 saturated carbocycles. The maximum absolute atomic E-state index is 11.9. The Labute approximate surface area is 91.8 Å². The molecule has 3 heterocycles. The van der Waals surface area contributed by atoms with Crippen molar-refractivity contribution in [2.45, 2.75) is 38.6 Å². The van der Waals surface area contributed by atoms with Gasteiger partial charge in [-0.15, -0.1) is 0 Å². The van der Waals surface area contributed by atoms with Crippen LogP contribution in [-0.4, -0.2) is 43.0 Å². The third-order valence-electron chi connectivity index (χ3n) is 3.62. The zero-order chi connectivity index (χ0) is 10.7. The van der Waals surface area contributed by atoms with Crippen LogP contribution in [0.15, 0.2) is 0 Å². The number of nitrogens with zero attached hydrogens (tertiary/aromatic N) is 1. The molecule has 15 heavy (non-hydrogen) atoms. The second-order valence-electron chi connectivity index (χ2n) is 4.66. The summed E-state index contributed by atoms with van der Waals surface area (Å²) in [6.45, 7) is 5.77. The van der Waals surface area contributed by atoms with E-state index in [1.807, 2.05) is 0 Å². The van der Waals surface area contributed by atoms with Crippen LogP contribution in [0.2, 0.25) is 0 Å². The highest BCUT2D eigenvalue weighted by molar-refractivity contribution is 5.88. The van der Waals surface area contributed by atoms with Crippen LogP contribution in [0.5, 0.6) is 0 Å². The lowest BCUT2D eigenvalue weighted by Gasteiger charge is -2.43. The van der Waals surface area contributed by atoms with Crippen LogP contribution >= 0.6 is 0 Å². The number of fused-ring (bicyclic) bond motifs is 3. The number of Topliss-reactive ketones (excluding diaryl/α,β-unsaturated/α-hetero) is 1. The van der Waals surface area contributed by atoms with E-state index >= 15 is 0 Å². The number of piperidine rings is 3. The van der Waals surface area contributed by atoms with Crippen molar-refractivity contribution in [2.24, 2.45) is 5.92 Å². The minimum Gasteiger partial charge on any atom is -0.379 e. The van der Waals surface area contributed by atoms with E-state index in [1.54, 1.807) is 0 Å². The van der Waals surface area contributed by atoms with Crippen LogP contribution in [0.3, 0.4) is 0 Å². The molecule has 1 unspecified atom stereocenters. The van der Waals surface area contributed by atoms with Gasteiger partial charge in [-0.2, -0.15) is 0 Å². The summed E-state index contributed by atoms with van der Waals surface area (Å²) in [4.78, 5) is 14.2. The topological polar surface area (TPSA) is 29.5 Å². The minimum absolute atomic E-state index is 0.0781. The van der Waals surface area contributed by atoms with Gasteiger partial charge in [-0.05, 0) is 32.4 Å². The first-order valence-electron chi connectivity index (χ1n) is 6.18. The smallest absolute Gasteiger partial charge is 0.155 e. The number of unbranched alkanes of at least 4 members (excludes halogenated alkanes) is 1. The van der Waals surface area contributed by atoms with E-state index in [-0.39, 0.29) is 6.04 Å². The molecule has 3 aliphatic rings. The van der Waals surface area contributed by atoms with Crippen molar-refractivity contribution < 1.29 is 9.53 Å². The Morgan fingerprint density at radius 1 is 1.40 bits per heavy atom. The van der Waals surface area contributed by atoms with Gasteiger partial charge in [0.2, 0.25) is 0 Å². The first-order valence-corrected chi connectivity index (χ1v) is 6.18. The van der Waals surface area contributed by atoms with E-state index in [0.717, 1.165) is 45.4 Å². The highest BCUT2D eigenvalue weighted by Crippen LogP contribution is 2.28. The predicted molar refractivity (Wildman–Crippen MR) is 58.8 cm³/mol. The van der Waals surface area contributed by atoms with Crippen LogP contribution in [-0.2, 0) is 9.53 Å². The third kappa shape index (κ3) is 2.40. The van der Waals surface area contributed by atoms with Crippen molar-refractivity contribution in [1.82, 2.24) is 4.90 Å². The maximum atomic E-state index is 11.9. The molecule has 0 aromatic carbocycles. The number of carbonyl (C=O) groups excluding carboxylic acids is 1. The summed E-state index contributed by atoms with van der Waals surface area (Å²) >= 11 is 0. The Morgan fingerprint density at radius 2 is 2.13 bits per heavy atom. The fourth-order valence-electron chi connectivity index (χ4n) is 2.58. The quantitative estimate of drug-likeness (QED) is 0.645. The van der Waals surface area contributed by atoms with Gasteiger partial charge >= 0.3 is 0 Å². The molecule has 2 bridgehead atoms. The van der Waals surface area contributed by atoms with Gasteiger partial charge in [-0.3, -0.25) is 9.69 Å². The summed E-state index contributed by atoms with van der Waals surface area (Å²) in [5.41, 5.74) is 0. The normalized spacial score (nSPS) is 34.7. The Balaban J connectivity index is 1.78. The lowest BCUT2D eigenvalue weighted by Crippen LogP contribution is -2.57. The molecule has 3 aliphatic heterocycles. The molecule has 0 N–H and O–H groups in total. The second-order valence-corrected chi connectivity index (χ2v) is 4.66. The number of rotatable bonds is 5. The average molecular weight is 211 g/mol. The first-order chi connectivity index (χ1) is 7.33. The van der Waals surface area contributed by atoms with Crippen LogP contribution in [0.25, 0.3) is 0 Å².